The number of carbonyl (C=O) groups excluding carboxylic acids is 1. The Kier molecular flexibility index (Phi) is 6.29. The minimum absolute atomic E-state index is 0.111. The molecular formula is C23H25N3O4. The third kappa shape index (κ3) is 4.63. The minimum atomic E-state index is -0.111. The van der Waals surface area contributed by atoms with Gasteiger partial charge in [0.25, 0.3) is 5.91 Å². The van der Waals surface area contributed by atoms with E-state index in [9.17, 15) is 4.79 Å². The molecule has 0 unspecified atom stereocenters. The van der Waals surface area contributed by atoms with Gasteiger partial charge in [0.2, 0.25) is 0 Å². The molecule has 30 heavy (non-hydrogen) atoms. The number of aromatic nitrogens is 1. The summed E-state index contributed by atoms with van der Waals surface area (Å²) in [5.41, 5.74) is 1.09. The fraction of sp³-hybridized carbons (Fsp3) is 0.304. The minimum Gasteiger partial charge on any atom is -0.496 e. The van der Waals surface area contributed by atoms with Crippen molar-refractivity contribution in [3.8, 4) is 22.8 Å². The standard InChI is InChI=1S/C23H25N3O4/c1-28-21-10-6-5-9-19(21)22-17-20(24-30-22)23(27)26-13-11-25(12-14-26)15-16-29-18-7-3-2-4-8-18/h2-10,17H,11-16H2,1H3. The molecule has 1 saturated heterocycles. The van der Waals surface area contributed by atoms with E-state index in [1.165, 1.54) is 0 Å². The fourth-order valence-corrected chi connectivity index (χ4v) is 3.50. The zero-order valence-electron chi connectivity index (χ0n) is 17.0. The molecular weight excluding hydrogens is 382 g/mol. The maximum atomic E-state index is 12.8. The Bertz CT molecular complexity index is 965. The molecule has 7 nitrogen and oxygen atoms in total. The molecule has 2 heterocycles. The smallest absolute Gasteiger partial charge is 0.276 e. The lowest BCUT2D eigenvalue weighted by Crippen LogP contribution is -2.49. The molecule has 4 rings (SSSR count). The monoisotopic (exact) mass is 407 g/mol. The second-order valence-electron chi connectivity index (χ2n) is 7.07. The van der Waals surface area contributed by atoms with Crippen molar-refractivity contribution in [1.82, 2.24) is 15.0 Å². The van der Waals surface area contributed by atoms with E-state index >= 15 is 0 Å². The third-order valence-electron chi connectivity index (χ3n) is 5.18. The van der Waals surface area contributed by atoms with Gasteiger partial charge in [-0.3, -0.25) is 9.69 Å². The molecule has 0 atom stereocenters. The van der Waals surface area contributed by atoms with Crippen molar-refractivity contribution in [1.29, 1.82) is 0 Å². The summed E-state index contributed by atoms with van der Waals surface area (Å²) in [5.74, 6) is 1.97. The number of carbonyl (C=O) groups is 1. The van der Waals surface area contributed by atoms with Crippen LogP contribution in [-0.4, -0.2) is 67.3 Å². The highest BCUT2D eigenvalue weighted by atomic mass is 16.5. The topological polar surface area (TPSA) is 68.0 Å². The van der Waals surface area contributed by atoms with Crippen LogP contribution < -0.4 is 9.47 Å². The molecule has 156 valence electrons. The first-order valence-corrected chi connectivity index (χ1v) is 10.0. The Hall–Kier alpha value is -3.32. The van der Waals surface area contributed by atoms with Crippen LogP contribution in [0.4, 0.5) is 0 Å². The zero-order valence-corrected chi connectivity index (χ0v) is 17.0. The molecule has 1 amide bonds. The van der Waals surface area contributed by atoms with Crippen molar-refractivity contribution in [3.05, 3.63) is 66.4 Å². The third-order valence-corrected chi connectivity index (χ3v) is 5.18. The largest absolute Gasteiger partial charge is 0.496 e. The molecule has 3 aromatic rings. The Morgan fingerprint density at radius 2 is 1.77 bits per heavy atom. The van der Waals surface area contributed by atoms with E-state index < -0.39 is 0 Å². The van der Waals surface area contributed by atoms with Crippen LogP contribution >= 0.6 is 0 Å². The quantitative estimate of drug-likeness (QED) is 0.599. The summed E-state index contributed by atoms with van der Waals surface area (Å²) < 4.78 is 16.5. The van der Waals surface area contributed by atoms with Gasteiger partial charge in [0.05, 0.1) is 12.7 Å². The van der Waals surface area contributed by atoms with Crippen LogP contribution in [0.15, 0.2) is 65.2 Å². The van der Waals surface area contributed by atoms with Crippen molar-refractivity contribution in [2.75, 3.05) is 46.4 Å². The number of amides is 1. The molecule has 0 spiro atoms. The van der Waals surface area contributed by atoms with Gasteiger partial charge in [-0.05, 0) is 24.3 Å². The summed E-state index contributed by atoms with van der Waals surface area (Å²) in [4.78, 5) is 17.0. The molecule has 1 aliphatic heterocycles. The predicted molar refractivity (Wildman–Crippen MR) is 113 cm³/mol. The average molecular weight is 407 g/mol. The van der Waals surface area contributed by atoms with Crippen molar-refractivity contribution in [3.63, 3.8) is 0 Å². The lowest BCUT2D eigenvalue weighted by atomic mass is 10.1. The van der Waals surface area contributed by atoms with Crippen LogP contribution in [0.25, 0.3) is 11.3 Å². The van der Waals surface area contributed by atoms with E-state index in [1.807, 2.05) is 59.5 Å². The first kappa shape index (κ1) is 20.0. The molecule has 0 radical (unpaired) electrons. The van der Waals surface area contributed by atoms with Gasteiger partial charge in [0, 0.05) is 38.8 Å². The van der Waals surface area contributed by atoms with E-state index in [1.54, 1.807) is 13.2 Å². The number of methoxy groups -OCH3 is 1. The van der Waals surface area contributed by atoms with Gasteiger partial charge in [-0.15, -0.1) is 0 Å². The van der Waals surface area contributed by atoms with E-state index in [0.717, 1.165) is 30.9 Å². The van der Waals surface area contributed by atoms with Gasteiger partial charge in [-0.1, -0.05) is 35.5 Å². The highest BCUT2D eigenvalue weighted by Gasteiger charge is 2.25. The predicted octanol–water partition coefficient (Wildman–Crippen LogP) is 3.19. The maximum absolute atomic E-state index is 12.8. The van der Waals surface area contributed by atoms with E-state index in [2.05, 4.69) is 10.1 Å². The van der Waals surface area contributed by atoms with Gasteiger partial charge in [0.1, 0.15) is 18.1 Å². The number of piperazine rings is 1. The Balaban J connectivity index is 1.29. The lowest BCUT2D eigenvalue weighted by molar-refractivity contribution is 0.0610. The van der Waals surface area contributed by atoms with Crippen LogP contribution in [0.1, 0.15) is 10.5 Å². The molecule has 1 fully saturated rings. The van der Waals surface area contributed by atoms with Crippen molar-refractivity contribution >= 4 is 5.91 Å². The number of para-hydroxylation sites is 2. The molecule has 0 bridgehead atoms. The molecule has 1 aromatic heterocycles. The highest BCUT2D eigenvalue weighted by molar-refractivity contribution is 5.93. The second-order valence-corrected chi connectivity index (χ2v) is 7.07. The second kappa shape index (κ2) is 9.45. The fourth-order valence-electron chi connectivity index (χ4n) is 3.50. The number of hydrogen-bond acceptors (Lipinski definition) is 6. The van der Waals surface area contributed by atoms with Crippen LogP contribution in [0.2, 0.25) is 0 Å². The summed E-state index contributed by atoms with van der Waals surface area (Å²) in [6, 6.07) is 19.0. The number of hydrogen-bond donors (Lipinski definition) is 0. The van der Waals surface area contributed by atoms with E-state index in [-0.39, 0.29) is 5.91 Å². The van der Waals surface area contributed by atoms with E-state index in [0.29, 0.717) is 36.9 Å². The molecule has 7 heteroatoms. The number of rotatable bonds is 7. The number of ether oxygens (including phenoxy) is 2. The number of benzene rings is 2. The first-order valence-electron chi connectivity index (χ1n) is 10.0. The van der Waals surface area contributed by atoms with Crippen LogP contribution in [-0.2, 0) is 0 Å². The molecule has 1 aliphatic rings. The van der Waals surface area contributed by atoms with Crippen molar-refractivity contribution < 1.29 is 18.8 Å². The Morgan fingerprint density at radius 3 is 2.53 bits per heavy atom. The zero-order chi connectivity index (χ0) is 20.8. The highest BCUT2D eigenvalue weighted by Crippen LogP contribution is 2.30. The Labute approximate surface area is 175 Å². The summed E-state index contributed by atoms with van der Waals surface area (Å²) >= 11 is 0. The van der Waals surface area contributed by atoms with Crippen molar-refractivity contribution in [2.45, 2.75) is 0 Å². The van der Waals surface area contributed by atoms with Crippen LogP contribution in [0.3, 0.4) is 0 Å². The molecule has 2 aromatic carbocycles. The van der Waals surface area contributed by atoms with Gasteiger partial charge in [0.15, 0.2) is 11.5 Å². The Morgan fingerprint density at radius 1 is 1.03 bits per heavy atom. The summed E-state index contributed by atoms with van der Waals surface area (Å²) in [6.45, 7) is 4.38. The van der Waals surface area contributed by atoms with Gasteiger partial charge in [-0.2, -0.15) is 0 Å². The lowest BCUT2D eigenvalue weighted by Gasteiger charge is -2.34. The number of nitrogens with zero attached hydrogens (tertiary/aromatic N) is 3. The van der Waals surface area contributed by atoms with Gasteiger partial charge in [-0.25, -0.2) is 0 Å². The maximum Gasteiger partial charge on any atom is 0.276 e. The molecule has 0 N–H and O–H groups in total. The average Bonchev–Trinajstić information content (AvgIpc) is 3.30. The van der Waals surface area contributed by atoms with Gasteiger partial charge < -0.3 is 18.9 Å². The van der Waals surface area contributed by atoms with E-state index in [4.69, 9.17) is 14.0 Å². The van der Waals surface area contributed by atoms with Crippen molar-refractivity contribution in [2.24, 2.45) is 0 Å². The van der Waals surface area contributed by atoms with Crippen LogP contribution in [0, 0.1) is 0 Å². The molecule has 0 aliphatic carbocycles. The van der Waals surface area contributed by atoms with Gasteiger partial charge >= 0.3 is 0 Å². The normalized spacial score (nSPS) is 14.5. The van der Waals surface area contributed by atoms with Crippen LogP contribution in [0.5, 0.6) is 11.5 Å². The molecule has 0 saturated carbocycles. The first-order chi connectivity index (χ1) is 14.7. The summed E-state index contributed by atoms with van der Waals surface area (Å²) in [7, 11) is 1.60. The summed E-state index contributed by atoms with van der Waals surface area (Å²) in [5, 5.41) is 3.99. The summed E-state index contributed by atoms with van der Waals surface area (Å²) in [6.07, 6.45) is 0. The SMILES string of the molecule is COc1ccccc1-c1cc(C(=O)N2CCN(CCOc3ccccc3)CC2)no1.